The fraction of sp³-hybridized carbons (Fsp3) is 0.0714. The number of aromatic nitrogens is 3. The Hall–Kier alpha value is -2.67. The van der Waals surface area contributed by atoms with E-state index in [9.17, 15) is 4.79 Å². The van der Waals surface area contributed by atoms with Crippen molar-refractivity contribution in [1.29, 1.82) is 0 Å². The number of fused-ring (bicyclic) bond motifs is 2. The summed E-state index contributed by atoms with van der Waals surface area (Å²) in [5, 5.41) is 2.47. The first-order valence-electron chi connectivity index (χ1n) is 6.28. The lowest BCUT2D eigenvalue weighted by atomic mass is 10.3. The number of nitrogen functional groups attached to an aromatic ring is 1. The van der Waals surface area contributed by atoms with E-state index in [0.29, 0.717) is 22.5 Å². The van der Waals surface area contributed by atoms with Crippen molar-refractivity contribution in [1.82, 2.24) is 14.5 Å². The molecule has 0 aliphatic rings. The fourth-order valence-electron chi connectivity index (χ4n) is 2.21. The largest absolute Gasteiger partial charge is 0.439 e. The van der Waals surface area contributed by atoms with Gasteiger partial charge >= 0.3 is 0 Å². The predicted octanol–water partition coefficient (Wildman–Crippen LogP) is 2.23. The third kappa shape index (κ3) is 1.98. The Balaban J connectivity index is 1.78. The van der Waals surface area contributed by atoms with Gasteiger partial charge in [-0.15, -0.1) is 11.3 Å². The summed E-state index contributed by atoms with van der Waals surface area (Å²) in [6, 6.07) is 7.05. The number of anilines is 1. The molecule has 4 aromatic rings. The van der Waals surface area contributed by atoms with Crippen LogP contribution in [0.1, 0.15) is 5.89 Å². The molecule has 6 nitrogen and oxygen atoms in total. The minimum Gasteiger partial charge on any atom is -0.439 e. The van der Waals surface area contributed by atoms with Crippen molar-refractivity contribution in [2.45, 2.75) is 6.54 Å². The summed E-state index contributed by atoms with van der Waals surface area (Å²) < 4.78 is 7.11. The number of nitrogens with zero attached hydrogens (tertiary/aromatic N) is 3. The molecule has 0 aliphatic heterocycles. The van der Waals surface area contributed by atoms with Crippen LogP contribution >= 0.6 is 11.3 Å². The molecule has 3 heterocycles. The van der Waals surface area contributed by atoms with Crippen LogP contribution in [-0.2, 0) is 6.54 Å². The minimum absolute atomic E-state index is 0.0944. The summed E-state index contributed by atoms with van der Waals surface area (Å²) in [5.74, 6) is 0.453. The molecule has 7 heteroatoms. The lowest BCUT2D eigenvalue weighted by Gasteiger charge is -2.01. The molecule has 4 rings (SSSR count). The topological polar surface area (TPSA) is 86.9 Å². The van der Waals surface area contributed by atoms with Crippen LogP contribution in [0.2, 0.25) is 0 Å². The second kappa shape index (κ2) is 4.42. The summed E-state index contributed by atoms with van der Waals surface area (Å²) >= 11 is 1.44. The van der Waals surface area contributed by atoms with Gasteiger partial charge < -0.3 is 10.2 Å². The Morgan fingerprint density at radius 3 is 3.14 bits per heavy atom. The molecule has 0 saturated heterocycles. The average Bonchev–Trinajstić information content (AvgIpc) is 3.07. The maximum atomic E-state index is 12.3. The van der Waals surface area contributed by atoms with Gasteiger partial charge in [0, 0.05) is 11.8 Å². The van der Waals surface area contributed by atoms with Gasteiger partial charge in [0.2, 0.25) is 5.89 Å². The molecule has 0 bridgehead atoms. The second-order valence-corrected chi connectivity index (χ2v) is 5.55. The average molecular weight is 298 g/mol. The maximum absolute atomic E-state index is 12.3. The zero-order chi connectivity index (χ0) is 14.4. The van der Waals surface area contributed by atoms with Crippen molar-refractivity contribution >= 4 is 38.3 Å². The van der Waals surface area contributed by atoms with E-state index in [0.717, 1.165) is 10.3 Å². The van der Waals surface area contributed by atoms with Gasteiger partial charge in [-0.25, -0.2) is 9.97 Å². The van der Waals surface area contributed by atoms with E-state index in [-0.39, 0.29) is 12.1 Å². The summed E-state index contributed by atoms with van der Waals surface area (Å²) in [5.41, 5.74) is 7.56. The van der Waals surface area contributed by atoms with E-state index in [1.165, 1.54) is 22.2 Å². The third-order valence-corrected chi connectivity index (χ3v) is 4.03. The summed E-state index contributed by atoms with van der Waals surface area (Å²) in [6.07, 6.45) is 1.52. The Morgan fingerprint density at radius 1 is 1.33 bits per heavy atom. The smallest absolute Gasteiger partial charge is 0.262 e. The molecular weight excluding hydrogens is 288 g/mol. The van der Waals surface area contributed by atoms with Crippen molar-refractivity contribution in [3.63, 3.8) is 0 Å². The molecule has 0 fully saturated rings. The Morgan fingerprint density at radius 2 is 2.24 bits per heavy atom. The van der Waals surface area contributed by atoms with E-state index < -0.39 is 0 Å². The maximum Gasteiger partial charge on any atom is 0.262 e. The van der Waals surface area contributed by atoms with Crippen LogP contribution in [0.5, 0.6) is 0 Å². The highest BCUT2D eigenvalue weighted by Gasteiger charge is 2.10. The number of hydrogen-bond acceptors (Lipinski definition) is 6. The Labute approximate surface area is 122 Å². The van der Waals surface area contributed by atoms with Gasteiger partial charge in [-0.2, -0.15) is 0 Å². The molecule has 0 amide bonds. The summed E-state index contributed by atoms with van der Waals surface area (Å²) in [6.45, 7) is 0.242. The van der Waals surface area contributed by atoms with Crippen LogP contribution in [-0.4, -0.2) is 14.5 Å². The van der Waals surface area contributed by atoms with Gasteiger partial charge in [-0.3, -0.25) is 9.36 Å². The number of benzene rings is 1. The summed E-state index contributed by atoms with van der Waals surface area (Å²) in [7, 11) is 0. The number of thiophene rings is 1. The highest BCUT2D eigenvalue weighted by atomic mass is 32.1. The number of hydrogen-bond donors (Lipinski definition) is 1. The third-order valence-electron chi connectivity index (χ3n) is 3.21. The highest BCUT2D eigenvalue weighted by molar-refractivity contribution is 7.16. The van der Waals surface area contributed by atoms with E-state index in [2.05, 4.69) is 9.97 Å². The van der Waals surface area contributed by atoms with Crippen LogP contribution in [0, 0.1) is 0 Å². The lowest BCUT2D eigenvalue weighted by Crippen LogP contribution is -2.20. The van der Waals surface area contributed by atoms with Crippen molar-refractivity contribution in [3.8, 4) is 0 Å². The predicted molar refractivity (Wildman–Crippen MR) is 81.4 cm³/mol. The quantitative estimate of drug-likeness (QED) is 0.573. The minimum atomic E-state index is -0.0944. The highest BCUT2D eigenvalue weighted by Crippen LogP contribution is 2.19. The SMILES string of the molecule is Nc1ccc2nc(Cn3cnc4sccc4c3=O)oc2c1. The molecule has 1 aromatic carbocycles. The van der Waals surface area contributed by atoms with Gasteiger partial charge in [0.25, 0.3) is 5.56 Å². The van der Waals surface area contributed by atoms with Crippen molar-refractivity contribution < 1.29 is 4.42 Å². The Kier molecular flexibility index (Phi) is 2.55. The first-order valence-corrected chi connectivity index (χ1v) is 7.16. The molecule has 0 saturated carbocycles. The number of nitrogens with two attached hydrogens (primary N) is 1. The van der Waals surface area contributed by atoms with E-state index >= 15 is 0 Å². The van der Waals surface area contributed by atoms with Crippen molar-refractivity contribution in [3.05, 3.63) is 52.2 Å². The number of oxazole rings is 1. The molecule has 21 heavy (non-hydrogen) atoms. The van der Waals surface area contributed by atoms with E-state index in [4.69, 9.17) is 10.2 Å². The van der Waals surface area contributed by atoms with Crippen LogP contribution in [0.25, 0.3) is 21.3 Å². The van der Waals surface area contributed by atoms with Gasteiger partial charge in [-0.05, 0) is 23.6 Å². The van der Waals surface area contributed by atoms with Crippen molar-refractivity contribution in [2.75, 3.05) is 5.73 Å². The molecule has 0 unspecified atom stereocenters. The van der Waals surface area contributed by atoms with Gasteiger partial charge in [0.15, 0.2) is 5.58 Å². The first kappa shape index (κ1) is 12.1. The van der Waals surface area contributed by atoms with E-state index in [1.807, 2.05) is 5.38 Å². The summed E-state index contributed by atoms with van der Waals surface area (Å²) in [4.78, 5) is 21.7. The standard InChI is InChI=1S/C14H10N4O2S/c15-8-1-2-10-11(5-8)20-12(17-10)6-18-7-16-13-9(14(18)19)3-4-21-13/h1-5,7H,6,15H2. The lowest BCUT2D eigenvalue weighted by molar-refractivity contribution is 0.503. The van der Waals surface area contributed by atoms with Crippen LogP contribution in [0.3, 0.4) is 0 Å². The molecule has 0 spiro atoms. The van der Waals surface area contributed by atoms with Crippen molar-refractivity contribution in [2.24, 2.45) is 0 Å². The number of rotatable bonds is 2. The Bertz CT molecular complexity index is 1010. The van der Waals surface area contributed by atoms with Crippen LogP contribution < -0.4 is 11.3 Å². The monoisotopic (exact) mass is 298 g/mol. The zero-order valence-corrected chi connectivity index (χ0v) is 11.6. The van der Waals surface area contributed by atoms with E-state index in [1.54, 1.807) is 24.3 Å². The molecule has 2 N–H and O–H groups in total. The second-order valence-electron chi connectivity index (χ2n) is 4.65. The molecule has 0 radical (unpaired) electrons. The molecule has 3 aromatic heterocycles. The zero-order valence-electron chi connectivity index (χ0n) is 10.8. The molecular formula is C14H10N4O2S. The first-order chi connectivity index (χ1) is 10.2. The van der Waals surface area contributed by atoms with Gasteiger partial charge in [0.05, 0.1) is 11.7 Å². The molecule has 0 atom stereocenters. The molecule has 104 valence electrons. The molecule has 0 aliphatic carbocycles. The van der Waals surface area contributed by atoms with Crippen LogP contribution in [0.4, 0.5) is 5.69 Å². The normalized spacial score (nSPS) is 11.4. The fourth-order valence-corrected chi connectivity index (χ4v) is 2.93. The van der Waals surface area contributed by atoms with Crippen LogP contribution in [0.15, 0.2) is 45.2 Å². The van der Waals surface area contributed by atoms with Gasteiger partial charge in [0.1, 0.15) is 16.9 Å². The van der Waals surface area contributed by atoms with Gasteiger partial charge in [-0.1, -0.05) is 0 Å².